The first-order valence-electron chi connectivity index (χ1n) is 4.37. The van der Waals surface area contributed by atoms with Gasteiger partial charge in [-0.2, -0.15) is 0 Å². The molecule has 10 heavy (non-hydrogen) atoms. The van der Waals surface area contributed by atoms with Gasteiger partial charge in [0.25, 0.3) is 0 Å². The van der Waals surface area contributed by atoms with Gasteiger partial charge in [-0.3, -0.25) is 4.79 Å². The molecule has 0 radical (unpaired) electrons. The molecule has 2 fully saturated rings. The Morgan fingerprint density at radius 2 is 1.70 bits per heavy atom. The van der Waals surface area contributed by atoms with Crippen molar-refractivity contribution in [3.05, 3.63) is 0 Å². The van der Waals surface area contributed by atoms with Crippen LogP contribution >= 0.6 is 0 Å². The molecule has 0 bridgehead atoms. The van der Waals surface area contributed by atoms with Crippen LogP contribution in [0.25, 0.3) is 0 Å². The molecule has 1 heteroatoms. The lowest BCUT2D eigenvalue weighted by molar-refractivity contribution is -0.136. The molecule has 2 aliphatic rings. The first-order valence-corrected chi connectivity index (χ1v) is 4.37. The predicted molar refractivity (Wildman–Crippen MR) is 39.8 cm³/mol. The molecule has 0 heterocycles. The molecule has 56 valence electrons. The van der Waals surface area contributed by atoms with E-state index in [9.17, 15) is 4.79 Å². The zero-order valence-corrected chi connectivity index (χ0v) is 6.36. The monoisotopic (exact) mass is 138 g/mol. The topological polar surface area (TPSA) is 17.1 Å². The van der Waals surface area contributed by atoms with Crippen LogP contribution in [0.3, 0.4) is 0 Å². The van der Waals surface area contributed by atoms with E-state index in [0.717, 1.165) is 12.8 Å². The van der Waals surface area contributed by atoms with Crippen LogP contribution in [0.15, 0.2) is 0 Å². The molecule has 0 aromatic rings. The third kappa shape index (κ3) is 0.727. The molecule has 2 rings (SSSR count). The lowest BCUT2D eigenvalue weighted by Gasteiger charge is -2.43. The van der Waals surface area contributed by atoms with Gasteiger partial charge < -0.3 is 0 Å². The van der Waals surface area contributed by atoms with Gasteiger partial charge in [0.2, 0.25) is 0 Å². The number of hydrogen-bond acceptors (Lipinski definition) is 1. The zero-order valence-electron chi connectivity index (χ0n) is 6.36. The van der Waals surface area contributed by atoms with Gasteiger partial charge >= 0.3 is 0 Å². The van der Waals surface area contributed by atoms with E-state index in [4.69, 9.17) is 0 Å². The lowest BCUT2D eigenvalue weighted by atomic mass is 9.60. The van der Waals surface area contributed by atoms with Crippen LogP contribution in [0.5, 0.6) is 0 Å². The summed E-state index contributed by atoms with van der Waals surface area (Å²) in [5, 5.41) is 0. The molecule has 0 atom stereocenters. The molecular formula is C9H14O. The maximum Gasteiger partial charge on any atom is 0.139 e. The van der Waals surface area contributed by atoms with Crippen molar-refractivity contribution in [1.29, 1.82) is 0 Å². The first kappa shape index (κ1) is 6.38. The fourth-order valence-corrected chi connectivity index (χ4v) is 2.29. The summed E-state index contributed by atoms with van der Waals surface area (Å²) in [6.07, 6.45) is 8.22. The van der Waals surface area contributed by atoms with Gasteiger partial charge in [0.1, 0.15) is 5.78 Å². The average molecular weight is 138 g/mol. The number of Topliss-reactive ketones (excluding diaryl/α,β-unsaturated/α-hetero) is 1. The van der Waals surface area contributed by atoms with Crippen LogP contribution < -0.4 is 0 Å². The smallest absolute Gasteiger partial charge is 0.139 e. The minimum Gasteiger partial charge on any atom is -0.299 e. The highest BCUT2D eigenvalue weighted by molar-refractivity contribution is 5.86. The number of rotatable bonds is 0. The second-order valence-electron chi connectivity index (χ2n) is 3.76. The van der Waals surface area contributed by atoms with E-state index in [0.29, 0.717) is 5.78 Å². The maximum atomic E-state index is 11.4. The van der Waals surface area contributed by atoms with Gasteiger partial charge in [0.05, 0.1) is 0 Å². The predicted octanol–water partition coefficient (Wildman–Crippen LogP) is 2.30. The van der Waals surface area contributed by atoms with E-state index < -0.39 is 0 Å². The third-order valence-electron chi connectivity index (χ3n) is 3.21. The van der Waals surface area contributed by atoms with E-state index in [-0.39, 0.29) is 5.41 Å². The molecule has 0 aliphatic heterocycles. The molecule has 1 nitrogen and oxygen atoms in total. The first-order chi connectivity index (χ1) is 4.83. The molecule has 0 aromatic carbocycles. The van der Waals surface area contributed by atoms with Gasteiger partial charge in [0.15, 0.2) is 0 Å². The second kappa shape index (κ2) is 2.08. The average Bonchev–Trinajstić information content (AvgIpc) is 1.85. The third-order valence-corrected chi connectivity index (χ3v) is 3.21. The summed E-state index contributed by atoms with van der Waals surface area (Å²) in [5.74, 6) is 0.574. The largest absolute Gasteiger partial charge is 0.299 e. The van der Waals surface area contributed by atoms with Crippen LogP contribution in [0, 0.1) is 5.41 Å². The Balaban J connectivity index is 2.10. The SMILES string of the molecule is O=C1CCCCC12CCC2. The molecule has 0 aromatic heterocycles. The Morgan fingerprint density at radius 3 is 2.10 bits per heavy atom. The minimum absolute atomic E-state index is 0.220. The number of carbonyl (C=O) groups excluding carboxylic acids is 1. The summed E-state index contributed by atoms with van der Waals surface area (Å²) in [5.41, 5.74) is 0.220. The number of ketones is 1. The Morgan fingerprint density at radius 1 is 1.00 bits per heavy atom. The minimum atomic E-state index is 0.220. The maximum absolute atomic E-state index is 11.4. The number of hydrogen-bond donors (Lipinski definition) is 0. The van der Waals surface area contributed by atoms with Gasteiger partial charge in [-0.1, -0.05) is 12.8 Å². The van der Waals surface area contributed by atoms with Crippen molar-refractivity contribution in [2.75, 3.05) is 0 Å². The molecule has 0 N–H and O–H groups in total. The van der Waals surface area contributed by atoms with Crippen molar-refractivity contribution in [3.8, 4) is 0 Å². The molecule has 0 saturated heterocycles. The molecular weight excluding hydrogens is 124 g/mol. The molecule has 2 saturated carbocycles. The highest BCUT2D eigenvalue weighted by Gasteiger charge is 2.44. The van der Waals surface area contributed by atoms with Gasteiger partial charge in [-0.05, 0) is 25.7 Å². The van der Waals surface area contributed by atoms with E-state index in [1.807, 2.05) is 0 Å². The van der Waals surface area contributed by atoms with Crippen LogP contribution in [0.4, 0.5) is 0 Å². The van der Waals surface area contributed by atoms with Crippen molar-refractivity contribution in [2.24, 2.45) is 5.41 Å². The normalized spacial score (nSPS) is 30.2. The van der Waals surface area contributed by atoms with Gasteiger partial charge in [-0.15, -0.1) is 0 Å². The van der Waals surface area contributed by atoms with Crippen molar-refractivity contribution in [2.45, 2.75) is 44.9 Å². The molecule has 2 aliphatic carbocycles. The fraction of sp³-hybridized carbons (Fsp3) is 0.889. The molecule has 1 spiro atoms. The Bertz CT molecular complexity index is 156. The van der Waals surface area contributed by atoms with Crippen molar-refractivity contribution >= 4 is 5.78 Å². The summed E-state index contributed by atoms with van der Waals surface area (Å²) in [4.78, 5) is 11.4. The van der Waals surface area contributed by atoms with E-state index in [1.54, 1.807) is 0 Å². The Labute approximate surface area is 61.8 Å². The van der Waals surface area contributed by atoms with E-state index >= 15 is 0 Å². The van der Waals surface area contributed by atoms with Gasteiger partial charge in [0, 0.05) is 11.8 Å². The molecule has 0 amide bonds. The quantitative estimate of drug-likeness (QED) is 0.502. The van der Waals surface area contributed by atoms with Crippen molar-refractivity contribution < 1.29 is 4.79 Å². The highest BCUT2D eigenvalue weighted by atomic mass is 16.1. The van der Waals surface area contributed by atoms with Crippen LogP contribution in [-0.2, 0) is 4.79 Å². The highest BCUT2D eigenvalue weighted by Crippen LogP contribution is 2.49. The zero-order chi connectivity index (χ0) is 7.03. The summed E-state index contributed by atoms with van der Waals surface area (Å²) in [7, 11) is 0. The Kier molecular flexibility index (Phi) is 1.33. The number of carbonyl (C=O) groups is 1. The van der Waals surface area contributed by atoms with Crippen LogP contribution in [-0.4, -0.2) is 5.78 Å². The second-order valence-corrected chi connectivity index (χ2v) is 3.76. The lowest BCUT2D eigenvalue weighted by Crippen LogP contribution is -2.40. The van der Waals surface area contributed by atoms with Gasteiger partial charge in [-0.25, -0.2) is 0 Å². The fourth-order valence-electron chi connectivity index (χ4n) is 2.29. The summed E-state index contributed by atoms with van der Waals surface area (Å²) >= 11 is 0. The molecule has 0 unspecified atom stereocenters. The van der Waals surface area contributed by atoms with E-state index in [2.05, 4.69) is 0 Å². The Hall–Kier alpha value is -0.330. The van der Waals surface area contributed by atoms with Crippen molar-refractivity contribution in [3.63, 3.8) is 0 Å². The summed E-state index contributed by atoms with van der Waals surface area (Å²) < 4.78 is 0. The van der Waals surface area contributed by atoms with Crippen LogP contribution in [0.1, 0.15) is 44.9 Å². The standard InChI is InChI=1S/C9H14O/c10-8-4-1-2-5-9(8)6-3-7-9/h1-7H2. The van der Waals surface area contributed by atoms with Crippen molar-refractivity contribution in [1.82, 2.24) is 0 Å². The summed E-state index contributed by atoms with van der Waals surface area (Å²) in [6, 6.07) is 0. The van der Waals surface area contributed by atoms with E-state index in [1.165, 1.54) is 32.1 Å². The van der Waals surface area contributed by atoms with Crippen LogP contribution in [0.2, 0.25) is 0 Å². The summed E-state index contributed by atoms with van der Waals surface area (Å²) in [6.45, 7) is 0.